The summed E-state index contributed by atoms with van der Waals surface area (Å²) in [4.78, 5) is 38.0. The van der Waals surface area contributed by atoms with E-state index in [1.54, 1.807) is 42.6 Å². The highest BCUT2D eigenvalue weighted by Crippen LogP contribution is 2.23. The van der Waals surface area contributed by atoms with E-state index < -0.39 is 17.3 Å². The molecule has 1 fully saturated rings. The first kappa shape index (κ1) is 22.5. The Hall–Kier alpha value is -3.74. The monoisotopic (exact) mass is 447 g/mol. The van der Waals surface area contributed by atoms with Crippen LogP contribution in [-0.4, -0.2) is 22.4 Å². The van der Waals surface area contributed by atoms with Gasteiger partial charge in [-0.05, 0) is 80.1 Å². The maximum Gasteiger partial charge on any atom is 0.267 e. The topological polar surface area (TPSA) is 80.2 Å². The summed E-state index contributed by atoms with van der Waals surface area (Å²) < 4.78 is 15.2. The molecular formula is C26H26FN3O3. The molecule has 1 aromatic heterocycles. The largest absolute Gasteiger partial charge is 0.349 e. The lowest BCUT2D eigenvalue weighted by atomic mass is 9.87. The molecule has 2 aromatic carbocycles. The number of anilines is 1. The average Bonchev–Trinajstić information content (AvgIpc) is 2.81. The second kappa shape index (κ2) is 9.81. The summed E-state index contributed by atoms with van der Waals surface area (Å²) in [5.74, 6) is -0.848. The van der Waals surface area contributed by atoms with Gasteiger partial charge in [0.2, 0.25) is 0 Å². The molecule has 7 heteroatoms. The van der Waals surface area contributed by atoms with Crippen LogP contribution in [0.5, 0.6) is 0 Å². The Bertz CT molecular complexity index is 1210. The van der Waals surface area contributed by atoms with E-state index in [9.17, 15) is 18.8 Å². The third-order valence-corrected chi connectivity index (χ3v) is 6.06. The minimum Gasteiger partial charge on any atom is -0.349 e. The van der Waals surface area contributed by atoms with Crippen molar-refractivity contribution in [3.63, 3.8) is 0 Å². The number of halogens is 1. The van der Waals surface area contributed by atoms with Crippen molar-refractivity contribution in [1.82, 2.24) is 9.88 Å². The summed E-state index contributed by atoms with van der Waals surface area (Å²) in [6.45, 7) is 2.21. The van der Waals surface area contributed by atoms with Crippen LogP contribution in [0.2, 0.25) is 0 Å². The summed E-state index contributed by atoms with van der Waals surface area (Å²) in [6.07, 6.45) is 5.59. The number of rotatable bonds is 5. The zero-order valence-electron chi connectivity index (χ0n) is 18.4. The van der Waals surface area contributed by atoms with Gasteiger partial charge in [0.05, 0.1) is 5.56 Å². The van der Waals surface area contributed by atoms with Crippen LogP contribution in [0.25, 0.3) is 5.69 Å². The van der Waals surface area contributed by atoms with E-state index in [-0.39, 0.29) is 23.1 Å². The molecule has 0 unspecified atom stereocenters. The highest BCUT2D eigenvalue weighted by atomic mass is 19.1. The van der Waals surface area contributed by atoms with Crippen molar-refractivity contribution in [2.45, 2.75) is 38.6 Å². The Morgan fingerprint density at radius 1 is 0.879 bits per heavy atom. The average molecular weight is 448 g/mol. The number of pyridine rings is 1. The number of nitrogens with zero attached hydrogens (tertiary/aromatic N) is 1. The third kappa shape index (κ3) is 5.19. The molecule has 1 aliphatic rings. The van der Waals surface area contributed by atoms with Gasteiger partial charge in [-0.25, -0.2) is 4.39 Å². The van der Waals surface area contributed by atoms with Crippen molar-refractivity contribution in [1.29, 1.82) is 0 Å². The van der Waals surface area contributed by atoms with Crippen LogP contribution in [0.3, 0.4) is 0 Å². The van der Waals surface area contributed by atoms with Crippen molar-refractivity contribution >= 4 is 17.5 Å². The van der Waals surface area contributed by atoms with Gasteiger partial charge in [-0.2, -0.15) is 0 Å². The van der Waals surface area contributed by atoms with Crippen molar-refractivity contribution in [3.8, 4) is 5.69 Å². The van der Waals surface area contributed by atoms with Crippen molar-refractivity contribution in [2.24, 2.45) is 5.92 Å². The van der Waals surface area contributed by atoms with Gasteiger partial charge < -0.3 is 10.6 Å². The van der Waals surface area contributed by atoms with E-state index in [2.05, 4.69) is 17.6 Å². The Morgan fingerprint density at radius 3 is 2.24 bits per heavy atom. The Labute approximate surface area is 191 Å². The van der Waals surface area contributed by atoms with Crippen LogP contribution in [0, 0.1) is 11.7 Å². The minimum atomic E-state index is -0.601. The first-order valence-corrected chi connectivity index (χ1v) is 11.1. The van der Waals surface area contributed by atoms with Gasteiger partial charge in [-0.15, -0.1) is 0 Å². The Morgan fingerprint density at radius 2 is 1.55 bits per heavy atom. The molecule has 0 spiro atoms. The molecule has 1 saturated carbocycles. The smallest absolute Gasteiger partial charge is 0.267 e. The third-order valence-electron chi connectivity index (χ3n) is 6.06. The molecule has 1 heterocycles. The van der Waals surface area contributed by atoms with Crippen molar-refractivity contribution < 1.29 is 14.0 Å². The van der Waals surface area contributed by atoms with Gasteiger partial charge in [0, 0.05) is 23.6 Å². The zero-order chi connectivity index (χ0) is 23.4. The van der Waals surface area contributed by atoms with Crippen LogP contribution >= 0.6 is 0 Å². The Balaban J connectivity index is 1.48. The number of benzene rings is 2. The maximum absolute atomic E-state index is 13.8. The van der Waals surface area contributed by atoms with E-state index in [1.165, 1.54) is 28.8 Å². The van der Waals surface area contributed by atoms with E-state index in [0.717, 1.165) is 25.7 Å². The molecule has 0 atom stereocenters. The standard InChI is InChI=1S/C26H26FN3O3/c1-17-8-10-18(11-9-17)29-25(32)22-6-4-16-30(26(22)33)20-14-12-19(13-15-20)28-24(31)21-5-2-3-7-23(21)27/h2-7,12-18H,8-11H2,1H3,(H,28,31)(H,29,32). The van der Waals surface area contributed by atoms with E-state index >= 15 is 0 Å². The highest BCUT2D eigenvalue weighted by molar-refractivity contribution is 6.04. The summed E-state index contributed by atoms with van der Waals surface area (Å²) in [6, 6.07) is 15.6. The minimum absolute atomic E-state index is 0.0519. The van der Waals surface area contributed by atoms with Gasteiger partial charge in [-0.3, -0.25) is 19.0 Å². The second-order valence-electron chi connectivity index (χ2n) is 8.51. The summed E-state index contributed by atoms with van der Waals surface area (Å²) >= 11 is 0. The summed E-state index contributed by atoms with van der Waals surface area (Å²) in [5, 5.41) is 5.64. The first-order chi connectivity index (χ1) is 15.9. The Kier molecular flexibility index (Phi) is 6.68. The number of aromatic nitrogens is 1. The predicted molar refractivity (Wildman–Crippen MR) is 125 cm³/mol. The number of carbonyl (C=O) groups is 2. The van der Waals surface area contributed by atoms with Crippen LogP contribution in [0.4, 0.5) is 10.1 Å². The molecule has 0 radical (unpaired) electrons. The molecular weight excluding hydrogens is 421 g/mol. The fourth-order valence-corrected chi connectivity index (χ4v) is 4.09. The number of nitrogens with one attached hydrogen (secondary N) is 2. The molecule has 3 aromatic rings. The van der Waals surface area contributed by atoms with Gasteiger partial charge in [0.1, 0.15) is 11.4 Å². The fourth-order valence-electron chi connectivity index (χ4n) is 4.09. The van der Waals surface area contributed by atoms with Crippen LogP contribution in [0.15, 0.2) is 71.7 Å². The van der Waals surface area contributed by atoms with Crippen molar-refractivity contribution in [2.75, 3.05) is 5.32 Å². The highest BCUT2D eigenvalue weighted by Gasteiger charge is 2.22. The molecule has 0 aliphatic heterocycles. The molecule has 6 nitrogen and oxygen atoms in total. The molecule has 2 amide bonds. The van der Waals surface area contributed by atoms with Gasteiger partial charge in [0.15, 0.2) is 0 Å². The lowest BCUT2D eigenvalue weighted by Crippen LogP contribution is -2.40. The predicted octanol–water partition coefficient (Wildman–Crippen LogP) is 4.54. The number of hydrogen-bond acceptors (Lipinski definition) is 3. The van der Waals surface area contributed by atoms with Gasteiger partial charge >= 0.3 is 0 Å². The second-order valence-corrected chi connectivity index (χ2v) is 8.51. The first-order valence-electron chi connectivity index (χ1n) is 11.1. The van der Waals surface area contributed by atoms with Crippen LogP contribution in [0.1, 0.15) is 53.3 Å². The van der Waals surface area contributed by atoms with E-state index in [4.69, 9.17) is 0 Å². The SMILES string of the molecule is CC1CCC(NC(=O)c2cccn(-c3ccc(NC(=O)c4ccccc4F)cc3)c2=O)CC1. The molecule has 33 heavy (non-hydrogen) atoms. The van der Waals surface area contributed by atoms with Gasteiger partial charge in [0.25, 0.3) is 17.4 Å². The van der Waals surface area contributed by atoms with Crippen LogP contribution < -0.4 is 16.2 Å². The molecule has 0 bridgehead atoms. The maximum atomic E-state index is 13.8. The fraction of sp³-hybridized carbons (Fsp3) is 0.269. The number of hydrogen-bond donors (Lipinski definition) is 2. The zero-order valence-corrected chi connectivity index (χ0v) is 18.4. The molecule has 4 rings (SSSR count). The number of carbonyl (C=O) groups excluding carboxylic acids is 2. The van der Waals surface area contributed by atoms with Gasteiger partial charge in [-0.1, -0.05) is 19.1 Å². The lowest BCUT2D eigenvalue weighted by Gasteiger charge is -2.26. The summed E-state index contributed by atoms with van der Waals surface area (Å²) in [5.41, 5.74) is 0.629. The van der Waals surface area contributed by atoms with E-state index in [0.29, 0.717) is 17.3 Å². The van der Waals surface area contributed by atoms with Crippen LogP contribution in [-0.2, 0) is 0 Å². The normalized spacial score (nSPS) is 17.9. The molecule has 2 N–H and O–H groups in total. The molecule has 0 saturated heterocycles. The van der Waals surface area contributed by atoms with E-state index in [1.807, 2.05) is 0 Å². The number of amides is 2. The lowest BCUT2D eigenvalue weighted by molar-refractivity contribution is 0.0920. The van der Waals surface area contributed by atoms with Crippen molar-refractivity contribution in [3.05, 3.63) is 94.2 Å². The molecule has 1 aliphatic carbocycles. The summed E-state index contributed by atoms with van der Waals surface area (Å²) in [7, 11) is 0. The molecule has 170 valence electrons. The quantitative estimate of drug-likeness (QED) is 0.603.